The van der Waals surface area contributed by atoms with Crippen molar-refractivity contribution in [2.24, 2.45) is 0 Å². The fraction of sp³-hybridized carbons (Fsp3) is 0.435. The predicted molar refractivity (Wildman–Crippen MR) is 112 cm³/mol. The molecule has 0 spiro atoms. The van der Waals surface area contributed by atoms with E-state index in [-0.39, 0.29) is 5.63 Å². The quantitative estimate of drug-likeness (QED) is 0.324. The highest BCUT2D eigenvalue weighted by atomic mass is 16.5. The molecule has 0 bridgehead atoms. The number of benzene rings is 2. The molecule has 1 aliphatic rings. The van der Waals surface area contributed by atoms with Crippen molar-refractivity contribution in [3.05, 3.63) is 46.8 Å². The maximum atomic E-state index is 12.3. The van der Waals surface area contributed by atoms with Crippen LogP contribution < -0.4 is 15.1 Å². The fourth-order valence-electron chi connectivity index (χ4n) is 3.92. The molecule has 0 aliphatic carbocycles. The largest absolute Gasteiger partial charge is 0.497 e. The van der Waals surface area contributed by atoms with Crippen molar-refractivity contribution < 1.29 is 13.9 Å². The first-order chi connectivity index (χ1) is 13.7. The average Bonchev–Trinajstić information content (AvgIpc) is 3.24. The average molecular weight is 381 g/mol. The number of hydrogen-bond donors (Lipinski definition) is 0. The molecule has 2 heterocycles. The van der Waals surface area contributed by atoms with Gasteiger partial charge in [0.1, 0.15) is 17.1 Å². The van der Waals surface area contributed by atoms with Crippen LogP contribution in [-0.4, -0.2) is 38.3 Å². The molecule has 5 nitrogen and oxygen atoms in total. The molecule has 148 valence electrons. The van der Waals surface area contributed by atoms with Gasteiger partial charge in [-0.15, -0.1) is 0 Å². The molecular formula is C23H27NO4. The highest BCUT2D eigenvalue weighted by molar-refractivity contribution is 6.04. The summed E-state index contributed by atoms with van der Waals surface area (Å²) in [6.07, 6.45) is 6.14. The Balaban J connectivity index is 1.38. The summed E-state index contributed by atoms with van der Waals surface area (Å²) in [5.74, 6) is 1.38. The molecule has 0 unspecified atom stereocenters. The summed E-state index contributed by atoms with van der Waals surface area (Å²) in [7, 11) is 1.58. The van der Waals surface area contributed by atoms with Crippen LogP contribution in [0.25, 0.3) is 21.7 Å². The Kier molecular flexibility index (Phi) is 5.81. The molecular weight excluding hydrogens is 354 g/mol. The maximum absolute atomic E-state index is 12.3. The second-order valence-corrected chi connectivity index (χ2v) is 7.42. The second kappa shape index (κ2) is 8.65. The van der Waals surface area contributed by atoms with Crippen LogP contribution in [0, 0.1) is 0 Å². The van der Waals surface area contributed by atoms with E-state index in [1.54, 1.807) is 13.2 Å². The Morgan fingerprint density at radius 2 is 1.71 bits per heavy atom. The van der Waals surface area contributed by atoms with Crippen LogP contribution in [0.2, 0.25) is 0 Å². The molecule has 1 aromatic heterocycles. The SMILES string of the molecule is COc1ccc2c(c1)c(=O)oc1cc(OCCCCCN3CCCC3)ccc12. The monoisotopic (exact) mass is 381 g/mol. The number of methoxy groups -OCH3 is 1. The minimum atomic E-state index is -0.361. The minimum absolute atomic E-state index is 0.361. The molecule has 4 rings (SSSR count). The van der Waals surface area contributed by atoms with Crippen molar-refractivity contribution >= 4 is 21.7 Å². The zero-order valence-electron chi connectivity index (χ0n) is 16.4. The van der Waals surface area contributed by atoms with Gasteiger partial charge >= 0.3 is 5.63 Å². The van der Waals surface area contributed by atoms with Gasteiger partial charge in [-0.1, -0.05) is 0 Å². The number of rotatable bonds is 8. The first kappa shape index (κ1) is 18.8. The second-order valence-electron chi connectivity index (χ2n) is 7.42. The summed E-state index contributed by atoms with van der Waals surface area (Å²) in [4.78, 5) is 14.9. The lowest BCUT2D eigenvalue weighted by Crippen LogP contribution is -2.20. The molecule has 28 heavy (non-hydrogen) atoms. The number of ether oxygens (including phenoxy) is 2. The Bertz CT molecular complexity index is 1000. The zero-order valence-corrected chi connectivity index (χ0v) is 16.4. The first-order valence-corrected chi connectivity index (χ1v) is 10.1. The maximum Gasteiger partial charge on any atom is 0.344 e. The lowest BCUT2D eigenvalue weighted by Gasteiger charge is -2.14. The summed E-state index contributed by atoms with van der Waals surface area (Å²) in [6.45, 7) is 4.42. The van der Waals surface area contributed by atoms with Crippen LogP contribution in [0.1, 0.15) is 32.1 Å². The Morgan fingerprint density at radius 1 is 0.929 bits per heavy atom. The van der Waals surface area contributed by atoms with E-state index in [1.807, 2.05) is 30.3 Å². The number of nitrogens with zero attached hydrogens (tertiary/aromatic N) is 1. The molecule has 0 atom stereocenters. The molecule has 1 fully saturated rings. The summed E-state index contributed by atoms with van der Waals surface area (Å²) in [5.41, 5.74) is 0.190. The molecule has 1 aliphatic heterocycles. The van der Waals surface area contributed by atoms with E-state index in [0.29, 0.717) is 23.3 Å². The topological polar surface area (TPSA) is 51.9 Å². The third-order valence-electron chi connectivity index (χ3n) is 5.48. The van der Waals surface area contributed by atoms with Gasteiger partial charge in [0, 0.05) is 16.8 Å². The standard InChI is InChI=1S/C23H27NO4/c1-26-17-7-9-19-20-10-8-18(16-22(20)28-23(25)21(19)15-17)27-14-6-2-3-11-24-12-4-5-13-24/h7-10,15-16H,2-6,11-14H2,1H3. The van der Waals surface area contributed by atoms with E-state index in [9.17, 15) is 4.79 Å². The van der Waals surface area contributed by atoms with E-state index >= 15 is 0 Å². The summed E-state index contributed by atoms with van der Waals surface area (Å²) < 4.78 is 16.6. The van der Waals surface area contributed by atoms with E-state index in [4.69, 9.17) is 13.9 Å². The van der Waals surface area contributed by atoms with Crippen molar-refractivity contribution in [3.63, 3.8) is 0 Å². The van der Waals surface area contributed by atoms with Gasteiger partial charge in [-0.3, -0.25) is 0 Å². The number of fused-ring (bicyclic) bond motifs is 3. The summed E-state index contributed by atoms with van der Waals surface area (Å²) in [6, 6.07) is 11.2. The fourth-order valence-corrected chi connectivity index (χ4v) is 3.92. The van der Waals surface area contributed by atoms with Crippen LogP contribution in [-0.2, 0) is 0 Å². The molecule has 0 saturated carbocycles. The van der Waals surface area contributed by atoms with E-state index in [1.165, 1.54) is 45.3 Å². The molecule has 5 heteroatoms. The Morgan fingerprint density at radius 3 is 2.54 bits per heavy atom. The predicted octanol–water partition coefficient (Wildman–Crippen LogP) is 4.60. The minimum Gasteiger partial charge on any atom is -0.497 e. The van der Waals surface area contributed by atoms with Crippen molar-refractivity contribution in [1.82, 2.24) is 4.90 Å². The highest BCUT2D eigenvalue weighted by Gasteiger charge is 2.11. The molecule has 1 saturated heterocycles. The lowest BCUT2D eigenvalue weighted by atomic mass is 10.1. The third kappa shape index (κ3) is 4.14. The van der Waals surface area contributed by atoms with E-state index in [0.717, 1.165) is 22.9 Å². The summed E-state index contributed by atoms with van der Waals surface area (Å²) >= 11 is 0. The normalized spacial score (nSPS) is 14.8. The van der Waals surface area contributed by atoms with Crippen LogP contribution >= 0.6 is 0 Å². The molecule has 2 aromatic carbocycles. The van der Waals surface area contributed by atoms with E-state index in [2.05, 4.69) is 4.90 Å². The van der Waals surface area contributed by atoms with Gasteiger partial charge < -0.3 is 18.8 Å². The lowest BCUT2D eigenvalue weighted by molar-refractivity contribution is 0.290. The van der Waals surface area contributed by atoms with Gasteiger partial charge in [0.05, 0.1) is 19.1 Å². The van der Waals surface area contributed by atoms with E-state index < -0.39 is 0 Å². The van der Waals surface area contributed by atoms with Crippen LogP contribution in [0.5, 0.6) is 11.5 Å². The van der Waals surface area contributed by atoms with Gasteiger partial charge in [0.2, 0.25) is 0 Å². The zero-order chi connectivity index (χ0) is 19.3. The molecule has 0 radical (unpaired) electrons. The van der Waals surface area contributed by atoms with Crippen LogP contribution in [0.3, 0.4) is 0 Å². The van der Waals surface area contributed by atoms with Gasteiger partial charge in [0.25, 0.3) is 0 Å². The number of hydrogen-bond acceptors (Lipinski definition) is 5. The highest BCUT2D eigenvalue weighted by Crippen LogP contribution is 2.28. The first-order valence-electron chi connectivity index (χ1n) is 10.1. The van der Waals surface area contributed by atoms with Crippen LogP contribution in [0.4, 0.5) is 0 Å². The van der Waals surface area contributed by atoms with Gasteiger partial charge in [0.15, 0.2) is 0 Å². The molecule has 0 N–H and O–H groups in total. The van der Waals surface area contributed by atoms with Crippen molar-refractivity contribution in [2.45, 2.75) is 32.1 Å². The summed E-state index contributed by atoms with van der Waals surface area (Å²) in [5, 5.41) is 2.29. The number of likely N-dealkylation sites (tertiary alicyclic amines) is 1. The van der Waals surface area contributed by atoms with Crippen LogP contribution in [0.15, 0.2) is 45.6 Å². The Labute approximate surface area is 164 Å². The van der Waals surface area contributed by atoms with Gasteiger partial charge in [-0.25, -0.2) is 4.79 Å². The van der Waals surface area contributed by atoms with Crippen molar-refractivity contribution in [2.75, 3.05) is 33.4 Å². The van der Waals surface area contributed by atoms with Crippen molar-refractivity contribution in [3.8, 4) is 11.5 Å². The Hall–Kier alpha value is -2.53. The molecule has 0 amide bonds. The smallest absolute Gasteiger partial charge is 0.344 e. The van der Waals surface area contributed by atoms with Gasteiger partial charge in [-0.05, 0) is 82.1 Å². The van der Waals surface area contributed by atoms with Crippen molar-refractivity contribution in [1.29, 1.82) is 0 Å². The molecule has 3 aromatic rings. The number of unbranched alkanes of at least 4 members (excludes halogenated alkanes) is 2. The third-order valence-corrected chi connectivity index (χ3v) is 5.48. The van der Waals surface area contributed by atoms with Gasteiger partial charge in [-0.2, -0.15) is 0 Å².